The molecule has 2 fully saturated rings. The predicted molar refractivity (Wildman–Crippen MR) is 105 cm³/mol. The number of likely N-dealkylation sites (tertiary alicyclic amines) is 1. The predicted octanol–water partition coefficient (Wildman–Crippen LogP) is 3.02. The molecule has 0 radical (unpaired) electrons. The molecule has 0 spiro atoms. The topological polar surface area (TPSA) is 35.6 Å². The number of benzene rings is 1. The maximum absolute atomic E-state index is 12.5. The number of halogens is 1. The normalized spacial score (nSPS) is 24.2. The zero-order valence-corrected chi connectivity index (χ0v) is 16.4. The molecule has 0 aromatic heterocycles. The van der Waals surface area contributed by atoms with Gasteiger partial charge in [0.1, 0.15) is 0 Å². The number of piperazine rings is 1. The summed E-state index contributed by atoms with van der Waals surface area (Å²) in [5, 5.41) is 3.50. The van der Waals surface area contributed by atoms with Gasteiger partial charge in [0, 0.05) is 51.2 Å². The van der Waals surface area contributed by atoms with E-state index in [0.717, 1.165) is 52.0 Å². The molecule has 2 heterocycles. The van der Waals surface area contributed by atoms with Crippen molar-refractivity contribution in [1.29, 1.82) is 0 Å². The van der Waals surface area contributed by atoms with Gasteiger partial charge in [-0.3, -0.25) is 9.69 Å². The fourth-order valence-corrected chi connectivity index (χ4v) is 4.00. The van der Waals surface area contributed by atoms with Gasteiger partial charge in [0.05, 0.1) is 0 Å². The van der Waals surface area contributed by atoms with Crippen molar-refractivity contribution in [3.05, 3.63) is 35.4 Å². The number of nitrogens with zero attached hydrogens (tertiary/aromatic N) is 2. The Labute approximate surface area is 158 Å². The molecule has 0 aliphatic carbocycles. The van der Waals surface area contributed by atoms with E-state index in [2.05, 4.69) is 53.2 Å². The average Bonchev–Trinajstić information content (AvgIpc) is 3.06. The highest BCUT2D eigenvalue weighted by atomic mass is 35.5. The van der Waals surface area contributed by atoms with Gasteiger partial charge in [0.2, 0.25) is 5.91 Å². The van der Waals surface area contributed by atoms with Crippen molar-refractivity contribution in [2.75, 3.05) is 32.7 Å². The van der Waals surface area contributed by atoms with Gasteiger partial charge >= 0.3 is 0 Å². The van der Waals surface area contributed by atoms with E-state index in [1.807, 2.05) is 0 Å². The second-order valence-electron chi connectivity index (χ2n) is 7.18. The lowest BCUT2D eigenvalue weighted by Crippen LogP contribution is -2.47. The molecule has 1 amide bonds. The first-order valence-corrected chi connectivity index (χ1v) is 9.52. The van der Waals surface area contributed by atoms with Gasteiger partial charge in [-0.15, -0.1) is 12.4 Å². The Bertz CT molecular complexity index is 548. The highest BCUT2D eigenvalue weighted by Gasteiger charge is 2.27. The SMILES string of the molecule is CCc1ccc(C2CNCCN2CCC(=O)N2CCCC2C)cc1.Cl. The number of hydrogen-bond donors (Lipinski definition) is 1. The second kappa shape index (κ2) is 9.56. The molecule has 2 unspecified atom stereocenters. The van der Waals surface area contributed by atoms with Crippen LogP contribution in [-0.2, 0) is 11.2 Å². The zero-order chi connectivity index (χ0) is 16.9. The fourth-order valence-electron chi connectivity index (χ4n) is 4.00. The molecule has 2 aliphatic heterocycles. The molecule has 0 bridgehead atoms. The average molecular weight is 366 g/mol. The van der Waals surface area contributed by atoms with E-state index in [4.69, 9.17) is 0 Å². The van der Waals surface area contributed by atoms with Gasteiger partial charge < -0.3 is 10.2 Å². The van der Waals surface area contributed by atoms with Crippen LogP contribution in [0.4, 0.5) is 0 Å². The van der Waals surface area contributed by atoms with Gasteiger partial charge in [-0.2, -0.15) is 0 Å². The largest absolute Gasteiger partial charge is 0.340 e. The van der Waals surface area contributed by atoms with Crippen molar-refractivity contribution in [3.63, 3.8) is 0 Å². The van der Waals surface area contributed by atoms with E-state index in [1.54, 1.807) is 0 Å². The molecule has 0 saturated carbocycles. The standard InChI is InChI=1S/C20H31N3O.ClH/c1-3-17-6-8-18(9-7-17)19-15-21-11-14-22(19)13-10-20(24)23-12-4-5-16(23)2;/h6-9,16,19,21H,3-5,10-15H2,1-2H3;1H. The van der Waals surface area contributed by atoms with Gasteiger partial charge in [0.25, 0.3) is 0 Å². The van der Waals surface area contributed by atoms with Crippen LogP contribution >= 0.6 is 12.4 Å². The molecule has 3 rings (SSSR count). The fraction of sp³-hybridized carbons (Fsp3) is 0.650. The van der Waals surface area contributed by atoms with Crippen molar-refractivity contribution in [2.24, 2.45) is 0 Å². The van der Waals surface area contributed by atoms with Crippen molar-refractivity contribution in [1.82, 2.24) is 15.1 Å². The maximum atomic E-state index is 12.5. The van der Waals surface area contributed by atoms with Crippen LogP contribution in [0.25, 0.3) is 0 Å². The molecule has 5 heteroatoms. The number of amides is 1. The number of carbonyl (C=O) groups is 1. The van der Waals surface area contributed by atoms with Crippen LogP contribution in [0.2, 0.25) is 0 Å². The summed E-state index contributed by atoms with van der Waals surface area (Å²) in [4.78, 5) is 17.1. The summed E-state index contributed by atoms with van der Waals surface area (Å²) in [5.41, 5.74) is 2.74. The lowest BCUT2D eigenvalue weighted by molar-refractivity contribution is -0.132. The number of rotatable bonds is 5. The number of aryl methyl sites for hydroxylation is 1. The van der Waals surface area contributed by atoms with Crippen LogP contribution in [0.1, 0.15) is 50.3 Å². The highest BCUT2D eigenvalue weighted by molar-refractivity contribution is 5.85. The van der Waals surface area contributed by atoms with E-state index < -0.39 is 0 Å². The molecule has 140 valence electrons. The smallest absolute Gasteiger partial charge is 0.224 e. The highest BCUT2D eigenvalue weighted by Crippen LogP contribution is 2.24. The number of hydrogen-bond acceptors (Lipinski definition) is 3. The first kappa shape index (κ1) is 20.2. The first-order valence-electron chi connectivity index (χ1n) is 9.52. The van der Waals surface area contributed by atoms with Gasteiger partial charge in [-0.25, -0.2) is 0 Å². The van der Waals surface area contributed by atoms with Crippen LogP contribution < -0.4 is 5.32 Å². The Morgan fingerprint density at radius 1 is 1.24 bits per heavy atom. The van der Waals surface area contributed by atoms with E-state index >= 15 is 0 Å². The van der Waals surface area contributed by atoms with E-state index in [-0.39, 0.29) is 12.4 Å². The number of nitrogens with one attached hydrogen (secondary N) is 1. The van der Waals surface area contributed by atoms with Crippen LogP contribution in [0.3, 0.4) is 0 Å². The third kappa shape index (κ3) is 4.96. The summed E-state index contributed by atoms with van der Waals surface area (Å²) >= 11 is 0. The van der Waals surface area contributed by atoms with Crippen LogP contribution in [0.5, 0.6) is 0 Å². The summed E-state index contributed by atoms with van der Waals surface area (Å²) in [6.45, 7) is 9.18. The molecule has 2 aliphatic rings. The maximum Gasteiger partial charge on any atom is 0.224 e. The Balaban J connectivity index is 0.00000225. The lowest BCUT2D eigenvalue weighted by Gasteiger charge is -2.37. The Kier molecular flexibility index (Phi) is 7.73. The first-order chi connectivity index (χ1) is 11.7. The molecule has 2 saturated heterocycles. The minimum Gasteiger partial charge on any atom is -0.340 e. The minimum absolute atomic E-state index is 0. The van der Waals surface area contributed by atoms with E-state index in [1.165, 1.54) is 11.1 Å². The van der Waals surface area contributed by atoms with Gasteiger partial charge in [0.15, 0.2) is 0 Å². The van der Waals surface area contributed by atoms with Crippen LogP contribution in [0, 0.1) is 0 Å². The monoisotopic (exact) mass is 365 g/mol. The molecular formula is C20H32ClN3O. The Hall–Kier alpha value is -1.10. The summed E-state index contributed by atoms with van der Waals surface area (Å²) in [6.07, 6.45) is 4.04. The van der Waals surface area contributed by atoms with E-state index in [0.29, 0.717) is 24.4 Å². The number of carbonyl (C=O) groups excluding carboxylic acids is 1. The molecule has 25 heavy (non-hydrogen) atoms. The second-order valence-corrected chi connectivity index (χ2v) is 7.18. The Morgan fingerprint density at radius 3 is 2.64 bits per heavy atom. The van der Waals surface area contributed by atoms with Crippen molar-refractivity contribution in [3.8, 4) is 0 Å². The molecule has 1 N–H and O–H groups in total. The summed E-state index contributed by atoms with van der Waals surface area (Å²) < 4.78 is 0. The van der Waals surface area contributed by atoms with E-state index in [9.17, 15) is 4.79 Å². The Morgan fingerprint density at radius 2 is 2.00 bits per heavy atom. The van der Waals surface area contributed by atoms with Crippen molar-refractivity contribution >= 4 is 18.3 Å². The molecular weight excluding hydrogens is 334 g/mol. The van der Waals surface area contributed by atoms with Crippen LogP contribution in [0.15, 0.2) is 24.3 Å². The summed E-state index contributed by atoms with van der Waals surface area (Å²) in [6, 6.07) is 9.80. The van der Waals surface area contributed by atoms with Gasteiger partial charge in [-0.05, 0) is 37.3 Å². The third-order valence-electron chi connectivity index (χ3n) is 5.61. The van der Waals surface area contributed by atoms with Crippen LogP contribution in [-0.4, -0.2) is 54.5 Å². The molecule has 1 aromatic carbocycles. The zero-order valence-electron chi connectivity index (χ0n) is 15.5. The molecule has 4 nitrogen and oxygen atoms in total. The van der Waals surface area contributed by atoms with Crippen molar-refractivity contribution in [2.45, 2.75) is 51.6 Å². The quantitative estimate of drug-likeness (QED) is 0.871. The molecule has 2 atom stereocenters. The lowest BCUT2D eigenvalue weighted by atomic mass is 10.0. The third-order valence-corrected chi connectivity index (χ3v) is 5.61. The minimum atomic E-state index is 0. The summed E-state index contributed by atoms with van der Waals surface area (Å²) in [5.74, 6) is 0.332. The van der Waals surface area contributed by atoms with Gasteiger partial charge in [-0.1, -0.05) is 31.2 Å². The molecule has 1 aromatic rings. The summed E-state index contributed by atoms with van der Waals surface area (Å²) in [7, 11) is 0. The van der Waals surface area contributed by atoms with Crippen molar-refractivity contribution < 1.29 is 4.79 Å².